The van der Waals surface area contributed by atoms with Gasteiger partial charge in [-0.25, -0.2) is 9.97 Å². The van der Waals surface area contributed by atoms with Crippen LogP contribution in [0.15, 0.2) is 35.2 Å². The number of piperazine rings is 1. The number of hydrogen-bond donors (Lipinski definition) is 0. The first kappa shape index (κ1) is 18.5. The largest absolute Gasteiger partial charge is 0.363 e. The quantitative estimate of drug-likeness (QED) is 0.770. The SMILES string of the molecule is CSc1ccc(C(=O)N2CCN(c3cc(N(C)C)nc(C)n3)CC2)cc1. The van der Waals surface area contributed by atoms with E-state index in [0.717, 1.165) is 36.1 Å². The zero-order valence-corrected chi connectivity index (χ0v) is 16.6. The molecule has 3 rings (SSSR count). The van der Waals surface area contributed by atoms with Crippen molar-refractivity contribution in [1.82, 2.24) is 14.9 Å². The monoisotopic (exact) mass is 371 g/mol. The first-order valence-electron chi connectivity index (χ1n) is 8.69. The molecular weight excluding hydrogens is 346 g/mol. The molecule has 2 heterocycles. The number of rotatable bonds is 4. The summed E-state index contributed by atoms with van der Waals surface area (Å²) in [6, 6.07) is 9.84. The molecule has 6 nitrogen and oxygen atoms in total. The molecule has 0 aliphatic carbocycles. The molecule has 2 aromatic rings. The van der Waals surface area contributed by atoms with Crippen LogP contribution >= 0.6 is 11.8 Å². The summed E-state index contributed by atoms with van der Waals surface area (Å²) in [5.74, 6) is 2.70. The van der Waals surface area contributed by atoms with Gasteiger partial charge in [0.15, 0.2) is 0 Å². The number of nitrogens with zero attached hydrogens (tertiary/aromatic N) is 5. The highest BCUT2D eigenvalue weighted by atomic mass is 32.2. The van der Waals surface area contributed by atoms with Gasteiger partial charge in [0.05, 0.1) is 0 Å². The van der Waals surface area contributed by atoms with Gasteiger partial charge in [0.2, 0.25) is 0 Å². The van der Waals surface area contributed by atoms with E-state index in [1.54, 1.807) is 11.8 Å². The van der Waals surface area contributed by atoms with Crippen LogP contribution in [0.2, 0.25) is 0 Å². The average molecular weight is 372 g/mol. The van der Waals surface area contributed by atoms with Crippen LogP contribution in [0.5, 0.6) is 0 Å². The lowest BCUT2D eigenvalue weighted by atomic mass is 10.2. The molecule has 7 heteroatoms. The topological polar surface area (TPSA) is 52.6 Å². The molecule has 1 aliphatic heterocycles. The van der Waals surface area contributed by atoms with Gasteiger partial charge in [0.1, 0.15) is 17.5 Å². The Morgan fingerprint density at radius 3 is 2.31 bits per heavy atom. The summed E-state index contributed by atoms with van der Waals surface area (Å²) in [7, 11) is 3.95. The van der Waals surface area contributed by atoms with E-state index in [9.17, 15) is 4.79 Å². The predicted molar refractivity (Wildman–Crippen MR) is 107 cm³/mol. The number of hydrogen-bond acceptors (Lipinski definition) is 6. The van der Waals surface area contributed by atoms with Crippen LogP contribution < -0.4 is 9.80 Å². The Labute approximate surface area is 159 Å². The first-order valence-corrected chi connectivity index (χ1v) is 9.91. The van der Waals surface area contributed by atoms with E-state index in [0.29, 0.717) is 13.1 Å². The molecular formula is C19H25N5OS. The van der Waals surface area contributed by atoms with Gasteiger partial charge < -0.3 is 14.7 Å². The van der Waals surface area contributed by atoms with Crippen LogP contribution in [-0.4, -0.2) is 67.3 Å². The maximum absolute atomic E-state index is 12.7. The van der Waals surface area contributed by atoms with Gasteiger partial charge in [-0.1, -0.05) is 0 Å². The van der Waals surface area contributed by atoms with Crippen LogP contribution in [-0.2, 0) is 0 Å². The van der Waals surface area contributed by atoms with E-state index in [1.807, 2.05) is 67.4 Å². The highest BCUT2D eigenvalue weighted by Crippen LogP contribution is 2.20. The molecule has 1 aromatic carbocycles. The molecule has 1 fully saturated rings. The first-order chi connectivity index (χ1) is 12.5. The molecule has 1 aliphatic rings. The van der Waals surface area contributed by atoms with E-state index < -0.39 is 0 Å². The van der Waals surface area contributed by atoms with E-state index >= 15 is 0 Å². The summed E-state index contributed by atoms with van der Waals surface area (Å²) in [6.07, 6.45) is 2.03. The third-order valence-corrected chi connectivity index (χ3v) is 5.24. The fourth-order valence-corrected chi connectivity index (χ4v) is 3.39. The maximum atomic E-state index is 12.7. The van der Waals surface area contributed by atoms with Crippen LogP contribution in [0.3, 0.4) is 0 Å². The van der Waals surface area contributed by atoms with Crippen molar-refractivity contribution in [1.29, 1.82) is 0 Å². The molecule has 0 unspecified atom stereocenters. The number of thioether (sulfide) groups is 1. The Bertz CT molecular complexity index is 770. The van der Waals surface area contributed by atoms with Crippen molar-refractivity contribution in [3.05, 3.63) is 41.7 Å². The zero-order valence-electron chi connectivity index (χ0n) is 15.8. The van der Waals surface area contributed by atoms with Crippen LogP contribution in [0, 0.1) is 6.92 Å². The molecule has 0 N–H and O–H groups in total. The smallest absolute Gasteiger partial charge is 0.253 e. The van der Waals surface area contributed by atoms with Gasteiger partial charge in [-0.2, -0.15) is 0 Å². The van der Waals surface area contributed by atoms with E-state index in [-0.39, 0.29) is 5.91 Å². The van der Waals surface area contributed by atoms with Gasteiger partial charge in [0, 0.05) is 56.8 Å². The molecule has 1 aromatic heterocycles. The summed E-state index contributed by atoms with van der Waals surface area (Å²) in [6.45, 7) is 4.86. The Morgan fingerprint density at radius 1 is 1.08 bits per heavy atom. The Hall–Kier alpha value is -2.28. The molecule has 138 valence electrons. The number of aromatic nitrogens is 2. The zero-order chi connectivity index (χ0) is 18.7. The molecule has 0 saturated carbocycles. The average Bonchev–Trinajstić information content (AvgIpc) is 2.67. The highest BCUT2D eigenvalue weighted by molar-refractivity contribution is 7.98. The minimum Gasteiger partial charge on any atom is -0.363 e. The standard InChI is InChI=1S/C19H25N5OS/c1-14-20-17(22(2)3)13-18(21-14)23-9-11-24(12-10-23)19(25)15-5-7-16(26-4)8-6-15/h5-8,13H,9-12H2,1-4H3. The van der Waals surface area contributed by atoms with Crippen molar-refractivity contribution in [3.8, 4) is 0 Å². The number of aryl methyl sites for hydroxylation is 1. The molecule has 26 heavy (non-hydrogen) atoms. The van der Waals surface area contributed by atoms with Crippen molar-refractivity contribution < 1.29 is 4.79 Å². The molecule has 1 saturated heterocycles. The number of carbonyl (C=O) groups is 1. The lowest BCUT2D eigenvalue weighted by Crippen LogP contribution is -2.49. The fourth-order valence-electron chi connectivity index (χ4n) is 2.98. The van der Waals surface area contributed by atoms with Gasteiger partial charge in [-0.15, -0.1) is 11.8 Å². The molecule has 0 spiro atoms. The summed E-state index contributed by atoms with van der Waals surface area (Å²) in [5.41, 5.74) is 0.754. The summed E-state index contributed by atoms with van der Waals surface area (Å²) < 4.78 is 0. The van der Waals surface area contributed by atoms with Crippen molar-refractivity contribution in [2.24, 2.45) is 0 Å². The third kappa shape index (κ3) is 4.09. The Balaban J connectivity index is 1.66. The summed E-state index contributed by atoms with van der Waals surface area (Å²) in [4.78, 5) is 29.0. The highest BCUT2D eigenvalue weighted by Gasteiger charge is 2.23. The second-order valence-electron chi connectivity index (χ2n) is 6.53. The van der Waals surface area contributed by atoms with Crippen LogP contribution in [0.1, 0.15) is 16.2 Å². The second-order valence-corrected chi connectivity index (χ2v) is 7.41. The Morgan fingerprint density at radius 2 is 1.73 bits per heavy atom. The van der Waals surface area contributed by atoms with Crippen molar-refractivity contribution >= 4 is 29.3 Å². The normalized spacial score (nSPS) is 14.5. The number of anilines is 2. The minimum atomic E-state index is 0.102. The van der Waals surface area contributed by atoms with E-state index in [1.165, 1.54) is 4.90 Å². The molecule has 0 atom stereocenters. The van der Waals surface area contributed by atoms with E-state index in [2.05, 4.69) is 14.9 Å². The summed E-state index contributed by atoms with van der Waals surface area (Å²) >= 11 is 1.68. The lowest BCUT2D eigenvalue weighted by molar-refractivity contribution is 0.0746. The number of carbonyl (C=O) groups excluding carboxylic acids is 1. The fraction of sp³-hybridized carbons (Fsp3) is 0.421. The maximum Gasteiger partial charge on any atom is 0.253 e. The molecule has 0 bridgehead atoms. The van der Waals surface area contributed by atoms with E-state index in [4.69, 9.17) is 0 Å². The number of benzene rings is 1. The van der Waals surface area contributed by atoms with Gasteiger partial charge in [0.25, 0.3) is 5.91 Å². The minimum absolute atomic E-state index is 0.102. The van der Waals surface area contributed by atoms with Crippen molar-refractivity contribution in [2.45, 2.75) is 11.8 Å². The van der Waals surface area contributed by atoms with Crippen LogP contribution in [0.25, 0.3) is 0 Å². The van der Waals surface area contributed by atoms with Crippen LogP contribution in [0.4, 0.5) is 11.6 Å². The van der Waals surface area contributed by atoms with Gasteiger partial charge in [-0.05, 0) is 37.4 Å². The number of amides is 1. The Kier molecular flexibility index (Phi) is 5.66. The van der Waals surface area contributed by atoms with Crippen molar-refractivity contribution in [2.75, 3.05) is 56.3 Å². The lowest BCUT2D eigenvalue weighted by Gasteiger charge is -2.35. The third-order valence-electron chi connectivity index (χ3n) is 4.50. The predicted octanol–water partition coefficient (Wildman–Crippen LogP) is 2.54. The summed E-state index contributed by atoms with van der Waals surface area (Å²) in [5, 5.41) is 0. The second kappa shape index (κ2) is 7.95. The molecule has 0 radical (unpaired) electrons. The van der Waals surface area contributed by atoms with Gasteiger partial charge in [-0.3, -0.25) is 4.79 Å². The van der Waals surface area contributed by atoms with Gasteiger partial charge >= 0.3 is 0 Å². The van der Waals surface area contributed by atoms with Crippen molar-refractivity contribution in [3.63, 3.8) is 0 Å². The molecule has 1 amide bonds.